The maximum atomic E-state index is 13.2. The average molecular weight is 474 g/mol. The highest BCUT2D eigenvalue weighted by Gasteiger charge is 2.52. The SMILES string of the molecule is CC(C)[C@@H]1N[C@](COCc2cc(C(F)(F)F)cc(C(F)(F)F)c2)(c2ccccc2)C(=O)N1C. The van der Waals surface area contributed by atoms with Gasteiger partial charge < -0.3 is 9.64 Å². The van der Waals surface area contributed by atoms with Crippen LogP contribution in [-0.4, -0.2) is 30.6 Å². The first-order valence-corrected chi connectivity index (χ1v) is 10.2. The van der Waals surface area contributed by atoms with Crippen LogP contribution in [0.4, 0.5) is 26.3 Å². The van der Waals surface area contributed by atoms with Crippen molar-refractivity contribution >= 4 is 5.91 Å². The molecule has 1 aliphatic rings. The third-order valence-electron chi connectivity index (χ3n) is 5.63. The molecular formula is C23H24F6N2O2. The van der Waals surface area contributed by atoms with Crippen LogP contribution in [0.2, 0.25) is 0 Å². The van der Waals surface area contributed by atoms with E-state index in [0.717, 1.165) is 0 Å². The summed E-state index contributed by atoms with van der Waals surface area (Å²) in [6, 6.07) is 9.98. The number of alkyl halides is 6. The van der Waals surface area contributed by atoms with Crippen LogP contribution in [-0.2, 0) is 34.0 Å². The van der Waals surface area contributed by atoms with E-state index in [4.69, 9.17) is 4.74 Å². The van der Waals surface area contributed by atoms with Gasteiger partial charge in [-0.25, -0.2) is 0 Å². The summed E-state index contributed by atoms with van der Waals surface area (Å²) in [4.78, 5) is 14.8. The molecule has 10 heteroatoms. The molecule has 1 fully saturated rings. The summed E-state index contributed by atoms with van der Waals surface area (Å²) in [6.07, 6.45) is -10.2. The second kappa shape index (κ2) is 8.98. The molecular weight excluding hydrogens is 450 g/mol. The number of amides is 1. The van der Waals surface area contributed by atoms with Crippen LogP contribution in [0.3, 0.4) is 0 Å². The van der Waals surface area contributed by atoms with Crippen LogP contribution < -0.4 is 5.32 Å². The summed E-state index contributed by atoms with van der Waals surface area (Å²) in [7, 11) is 1.63. The lowest BCUT2D eigenvalue weighted by Crippen LogP contribution is -2.49. The number of likely N-dealkylation sites (N-methyl/N-ethyl adjacent to an activating group) is 1. The van der Waals surface area contributed by atoms with E-state index in [0.29, 0.717) is 17.7 Å². The quantitative estimate of drug-likeness (QED) is 0.587. The third-order valence-corrected chi connectivity index (χ3v) is 5.63. The second-order valence-corrected chi connectivity index (χ2v) is 8.43. The van der Waals surface area contributed by atoms with E-state index in [9.17, 15) is 31.1 Å². The summed E-state index contributed by atoms with van der Waals surface area (Å²) in [5.41, 5.74) is -3.85. The Labute approximate surface area is 187 Å². The first-order valence-electron chi connectivity index (χ1n) is 10.2. The Morgan fingerprint density at radius 1 is 1.00 bits per heavy atom. The summed E-state index contributed by atoms with van der Waals surface area (Å²) in [5, 5.41) is 3.27. The predicted octanol–water partition coefficient (Wildman–Crippen LogP) is 5.18. The van der Waals surface area contributed by atoms with Gasteiger partial charge in [-0.1, -0.05) is 44.2 Å². The number of rotatable bonds is 6. The number of hydrogen-bond donors (Lipinski definition) is 1. The number of nitrogens with zero attached hydrogens (tertiary/aromatic N) is 1. The van der Waals surface area contributed by atoms with Gasteiger partial charge in [0.1, 0.15) is 5.54 Å². The van der Waals surface area contributed by atoms with Gasteiger partial charge in [-0.2, -0.15) is 26.3 Å². The molecule has 0 bridgehead atoms. The lowest BCUT2D eigenvalue weighted by molar-refractivity contribution is -0.143. The minimum absolute atomic E-state index is 0.0438. The predicted molar refractivity (Wildman–Crippen MR) is 109 cm³/mol. The van der Waals surface area contributed by atoms with Crippen LogP contribution in [0.25, 0.3) is 0 Å². The molecule has 0 saturated carbocycles. The average Bonchev–Trinajstić information content (AvgIpc) is 2.99. The van der Waals surface area contributed by atoms with E-state index in [1.165, 1.54) is 4.90 Å². The van der Waals surface area contributed by atoms with E-state index in [1.807, 2.05) is 13.8 Å². The maximum Gasteiger partial charge on any atom is 0.416 e. The van der Waals surface area contributed by atoms with Crippen molar-refractivity contribution in [2.24, 2.45) is 5.92 Å². The fourth-order valence-corrected chi connectivity index (χ4v) is 3.99. The highest BCUT2D eigenvalue weighted by Crippen LogP contribution is 2.37. The molecule has 180 valence electrons. The van der Waals surface area contributed by atoms with Crippen molar-refractivity contribution in [3.05, 3.63) is 70.8 Å². The normalized spacial score (nSPS) is 21.8. The minimum Gasteiger partial charge on any atom is -0.374 e. The molecule has 0 radical (unpaired) electrons. The maximum absolute atomic E-state index is 13.2. The number of carbonyl (C=O) groups is 1. The fraction of sp³-hybridized carbons (Fsp3) is 0.435. The van der Waals surface area contributed by atoms with Crippen molar-refractivity contribution in [3.63, 3.8) is 0 Å². The van der Waals surface area contributed by atoms with Gasteiger partial charge in [0.2, 0.25) is 0 Å². The largest absolute Gasteiger partial charge is 0.416 e. The molecule has 2 aromatic rings. The Balaban J connectivity index is 1.90. The topological polar surface area (TPSA) is 41.6 Å². The van der Waals surface area contributed by atoms with Crippen LogP contribution in [0.1, 0.15) is 36.1 Å². The zero-order valence-electron chi connectivity index (χ0n) is 18.2. The molecule has 4 nitrogen and oxygen atoms in total. The molecule has 2 atom stereocenters. The molecule has 1 N–H and O–H groups in total. The molecule has 1 heterocycles. The van der Waals surface area contributed by atoms with Crippen LogP contribution >= 0.6 is 0 Å². The van der Waals surface area contributed by atoms with E-state index in [-0.39, 0.29) is 36.2 Å². The van der Waals surface area contributed by atoms with Gasteiger partial charge in [0.25, 0.3) is 5.91 Å². The van der Waals surface area contributed by atoms with Gasteiger partial charge in [0.15, 0.2) is 0 Å². The molecule has 1 amide bonds. The first-order chi connectivity index (χ1) is 15.3. The Morgan fingerprint density at radius 2 is 1.55 bits per heavy atom. The summed E-state index contributed by atoms with van der Waals surface area (Å²) >= 11 is 0. The number of carbonyl (C=O) groups excluding carboxylic acids is 1. The summed E-state index contributed by atoms with van der Waals surface area (Å²) in [5.74, 6) is -0.255. The molecule has 0 spiro atoms. The molecule has 33 heavy (non-hydrogen) atoms. The van der Waals surface area contributed by atoms with Gasteiger partial charge in [0.05, 0.1) is 30.5 Å². The van der Waals surface area contributed by atoms with Crippen LogP contribution in [0.15, 0.2) is 48.5 Å². The van der Waals surface area contributed by atoms with Gasteiger partial charge in [-0.05, 0) is 35.2 Å². The number of nitrogens with one attached hydrogen (secondary N) is 1. The molecule has 1 aliphatic heterocycles. The van der Waals surface area contributed by atoms with E-state index in [1.54, 1.807) is 37.4 Å². The van der Waals surface area contributed by atoms with Gasteiger partial charge in [-0.3, -0.25) is 10.1 Å². The number of halogens is 6. The van der Waals surface area contributed by atoms with Crippen molar-refractivity contribution in [1.29, 1.82) is 0 Å². The Bertz CT molecular complexity index is 958. The van der Waals surface area contributed by atoms with Gasteiger partial charge in [0, 0.05) is 7.05 Å². The van der Waals surface area contributed by atoms with Crippen LogP contribution in [0, 0.1) is 5.92 Å². The molecule has 0 unspecified atom stereocenters. The van der Waals surface area contributed by atoms with Gasteiger partial charge >= 0.3 is 12.4 Å². The van der Waals surface area contributed by atoms with Crippen molar-refractivity contribution in [2.75, 3.05) is 13.7 Å². The minimum atomic E-state index is -4.95. The van der Waals surface area contributed by atoms with Gasteiger partial charge in [-0.15, -0.1) is 0 Å². The standard InChI is InChI=1S/C23H24F6N2O2/c1-14(2)19-30-21(20(32)31(19)3,16-7-5-4-6-8-16)13-33-12-15-9-17(22(24,25)26)11-18(10-15)23(27,28)29/h4-11,14,19,30H,12-13H2,1-3H3/t19-,21-/m1/s1. The Kier molecular flexibility index (Phi) is 6.82. The number of benzene rings is 2. The lowest BCUT2D eigenvalue weighted by atomic mass is 9.90. The smallest absolute Gasteiger partial charge is 0.374 e. The second-order valence-electron chi connectivity index (χ2n) is 8.43. The summed E-state index contributed by atoms with van der Waals surface area (Å²) in [6.45, 7) is 3.03. The molecule has 1 saturated heterocycles. The Morgan fingerprint density at radius 3 is 2.00 bits per heavy atom. The van der Waals surface area contributed by atoms with Crippen LogP contribution in [0.5, 0.6) is 0 Å². The Hall–Kier alpha value is -2.59. The molecule has 3 rings (SSSR count). The molecule has 0 aromatic heterocycles. The zero-order chi connectivity index (χ0) is 24.6. The monoisotopic (exact) mass is 474 g/mol. The third kappa shape index (κ3) is 5.16. The first kappa shape index (κ1) is 25.0. The molecule has 0 aliphatic carbocycles. The highest BCUT2D eigenvalue weighted by molar-refractivity contribution is 5.90. The van der Waals surface area contributed by atoms with Crippen molar-refractivity contribution in [2.45, 2.75) is 44.5 Å². The van der Waals surface area contributed by atoms with E-state index < -0.39 is 35.6 Å². The molecule has 2 aromatic carbocycles. The number of hydrogen-bond acceptors (Lipinski definition) is 3. The van der Waals surface area contributed by atoms with Crippen molar-refractivity contribution < 1.29 is 35.9 Å². The van der Waals surface area contributed by atoms with Crippen molar-refractivity contribution in [3.8, 4) is 0 Å². The van der Waals surface area contributed by atoms with E-state index >= 15 is 0 Å². The summed E-state index contributed by atoms with van der Waals surface area (Å²) < 4.78 is 84.4. The fourth-order valence-electron chi connectivity index (χ4n) is 3.99. The lowest BCUT2D eigenvalue weighted by Gasteiger charge is -2.28. The zero-order valence-corrected chi connectivity index (χ0v) is 18.2. The van der Waals surface area contributed by atoms with E-state index in [2.05, 4.69) is 5.32 Å². The van der Waals surface area contributed by atoms with Crippen molar-refractivity contribution in [1.82, 2.24) is 10.2 Å². The highest BCUT2D eigenvalue weighted by atomic mass is 19.4. The number of ether oxygens (including phenoxy) is 1.